The van der Waals surface area contributed by atoms with Crippen molar-refractivity contribution in [1.82, 2.24) is 10.2 Å². The molecule has 1 saturated heterocycles. The van der Waals surface area contributed by atoms with Gasteiger partial charge in [-0.25, -0.2) is 0 Å². The Balaban J connectivity index is 1.37. The number of carbonyl (C=O) groups excluding carboxylic acids is 1. The molecule has 0 radical (unpaired) electrons. The third-order valence-electron chi connectivity index (χ3n) is 6.65. The highest BCUT2D eigenvalue weighted by molar-refractivity contribution is 5.83. The maximum atomic E-state index is 12.9. The van der Waals surface area contributed by atoms with Gasteiger partial charge in [-0.2, -0.15) is 0 Å². The monoisotopic (exact) mass is 276 g/mol. The molecule has 3 aliphatic carbocycles. The molecule has 4 fully saturated rings. The van der Waals surface area contributed by atoms with Crippen molar-refractivity contribution in [2.75, 3.05) is 26.2 Å². The minimum Gasteiger partial charge on any atom is -0.342 e. The number of piperidine rings is 1. The molecule has 1 heterocycles. The van der Waals surface area contributed by atoms with Crippen molar-refractivity contribution in [2.45, 2.75) is 39.0 Å². The first kappa shape index (κ1) is 13.1. The van der Waals surface area contributed by atoms with Gasteiger partial charge in [0.05, 0.1) is 0 Å². The largest absolute Gasteiger partial charge is 0.342 e. The third-order valence-corrected chi connectivity index (χ3v) is 6.65. The normalized spacial score (nSPS) is 42.5. The molecule has 0 aromatic heterocycles. The molecule has 0 aromatic rings. The van der Waals surface area contributed by atoms with Gasteiger partial charge in [0.25, 0.3) is 0 Å². The summed E-state index contributed by atoms with van der Waals surface area (Å²) in [6, 6.07) is 0. The SMILES string of the molecule is CCN(CC1CCNCC1)C(=O)C1C2C3CCC(C3)C12. The van der Waals surface area contributed by atoms with Crippen molar-refractivity contribution in [3.63, 3.8) is 0 Å². The molecule has 4 unspecified atom stereocenters. The zero-order valence-electron chi connectivity index (χ0n) is 12.7. The first-order valence-corrected chi connectivity index (χ1v) is 8.79. The van der Waals surface area contributed by atoms with E-state index in [0.29, 0.717) is 11.8 Å². The summed E-state index contributed by atoms with van der Waals surface area (Å²) >= 11 is 0. The maximum absolute atomic E-state index is 12.9. The summed E-state index contributed by atoms with van der Waals surface area (Å²) in [7, 11) is 0. The topological polar surface area (TPSA) is 32.3 Å². The molecule has 1 amide bonds. The molecule has 3 saturated carbocycles. The predicted octanol–water partition coefficient (Wildman–Crippen LogP) is 2.13. The lowest BCUT2D eigenvalue weighted by molar-refractivity contribution is -0.134. The number of amides is 1. The number of fused-ring (bicyclic) bond motifs is 5. The molecule has 1 N–H and O–H groups in total. The number of hydrogen-bond acceptors (Lipinski definition) is 2. The second-order valence-electron chi connectivity index (χ2n) is 7.58. The molecule has 4 atom stereocenters. The lowest BCUT2D eigenvalue weighted by Crippen LogP contribution is -2.40. The van der Waals surface area contributed by atoms with Gasteiger partial charge in [0, 0.05) is 19.0 Å². The van der Waals surface area contributed by atoms with Crippen LogP contribution in [0.2, 0.25) is 0 Å². The van der Waals surface area contributed by atoms with Gasteiger partial charge in [-0.3, -0.25) is 4.79 Å². The molecule has 4 rings (SSSR count). The van der Waals surface area contributed by atoms with E-state index in [0.717, 1.165) is 55.8 Å². The second kappa shape index (κ2) is 5.01. The molecule has 1 aliphatic heterocycles. The Morgan fingerprint density at radius 1 is 1.10 bits per heavy atom. The van der Waals surface area contributed by atoms with E-state index in [2.05, 4.69) is 17.1 Å². The van der Waals surface area contributed by atoms with E-state index in [-0.39, 0.29) is 0 Å². The first-order chi connectivity index (χ1) is 9.79. The van der Waals surface area contributed by atoms with Crippen LogP contribution < -0.4 is 5.32 Å². The zero-order valence-corrected chi connectivity index (χ0v) is 12.7. The lowest BCUT2D eigenvalue weighted by atomic mass is 9.96. The number of rotatable bonds is 4. The molecule has 3 heteroatoms. The molecule has 20 heavy (non-hydrogen) atoms. The summed E-state index contributed by atoms with van der Waals surface area (Å²) in [6.45, 7) is 6.35. The molecule has 112 valence electrons. The van der Waals surface area contributed by atoms with Crippen molar-refractivity contribution in [2.24, 2.45) is 35.5 Å². The van der Waals surface area contributed by atoms with Crippen molar-refractivity contribution in [3.8, 4) is 0 Å². The van der Waals surface area contributed by atoms with Gasteiger partial charge in [0.15, 0.2) is 0 Å². The minimum absolute atomic E-state index is 0.433. The van der Waals surface area contributed by atoms with Gasteiger partial charge in [0.2, 0.25) is 5.91 Å². The summed E-state index contributed by atoms with van der Waals surface area (Å²) in [6.07, 6.45) is 6.75. The Morgan fingerprint density at radius 2 is 1.75 bits per heavy atom. The standard InChI is InChI=1S/C17H28N2O/c1-2-19(10-11-5-7-18-8-6-11)17(20)16-14-12-3-4-13(9-12)15(14)16/h11-16,18H,2-10H2,1H3. The van der Waals surface area contributed by atoms with E-state index < -0.39 is 0 Å². The molecular weight excluding hydrogens is 248 g/mol. The van der Waals surface area contributed by atoms with Crippen LogP contribution in [0, 0.1) is 35.5 Å². The predicted molar refractivity (Wildman–Crippen MR) is 79.1 cm³/mol. The van der Waals surface area contributed by atoms with Crippen molar-refractivity contribution >= 4 is 5.91 Å². The Kier molecular flexibility index (Phi) is 3.29. The van der Waals surface area contributed by atoms with E-state index >= 15 is 0 Å². The van der Waals surface area contributed by atoms with Crippen LogP contribution in [0.25, 0.3) is 0 Å². The highest BCUT2D eigenvalue weighted by Crippen LogP contribution is 2.69. The minimum atomic E-state index is 0.433. The van der Waals surface area contributed by atoms with Crippen LogP contribution in [0.5, 0.6) is 0 Å². The zero-order chi connectivity index (χ0) is 13.7. The van der Waals surface area contributed by atoms with Crippen LogP contribution in [-0.4, -0.2) is 37.0 Å². The highest BCUT2D eigenvalue weighted by atomic mass is 16.2. The molecule has 0 aromatic carbocycles. The first-order valence-electron chi connectivity index (χ1n) is 8.79. The molecule has 4 aliphatic rings. The van der Waals surface area contributed by atoms with Gasteiger partial charge >= 0.3 is 0 Å². The fourth-order valence-electron chi connectivity index (χ4n) is 5.62. The Morgan fingerprint density at radius 3 is 2.35 bits per heavy atom. The summed E-state index contributed by atoms with van der Waals surface area (Å²) in [4.78, 5) is 15.0. The number of carbonyl (C=O) groups is 1. The maximum Gasteiger partial charge on any atom is 0.226 e. The Labute approximate surface area is 122 Å². The van der Waals surface area contributed by atoms with Crippen molar-refractivity contribution < 1.29 is 4.79 Å². The van der Waals surface area contributed by atoms with Gasteiger partial charge in [-0.15, -0.1) is 0 Å². The van der Waals surface area contributed by atoms with Gasteiger partial charge in [-0.05, 0) is 81.7 Å². The van der Waals surface area contributed by atoms with Crippen LogP contribution in [0.4, 0.5) is 0 Å². The Bertz CT molecular complexity index is 374. The van der Waals surface area contributed by atoms with Crippen LogP contribution in [0.1, 0.15) is 39.0 Å². The fourth-order valence-corrected chi connectivity index (χ4v) is 5.62. The molecule has 3 nitrogen and oxygen atoms in total. The lowest BCUT2D eigenvalue weighted by Gasteiger charge is -2.30. The highest BCUT2D eigenvalue weighted by Gasteiger charge is 2.67. The number of nitrogens with one attached hydrogen (secondary N) is 1. The number of nitrogens with zero attached hydrogens (tertiary/aromatic N) is 1. The quantitative estimate of drug-likeness (QED) is 0.853. The van der Waals surface area contributed by atoms with Gasteiger partial charge in [0.1, 0.15) is 0 Å². The van der Waals surface area contributed by atoms with Crippen LogP contribution in [-0.2, 0) is 4.79 Å². The number of hydrogen-bond donors (Lipinski definition) is 1. The van der Waals surface area contributed by atoms with E-state index in [1.54, 1.807) is 0 Å². The van der Waals surface area contributed by atoms with E-state index in [4.69, 9.17) is 0 Å². The van der Waals surface area contributed by atoms with Crippen LogP contribution in [0.3, 0.4) is 0 Å². The smallest absolute Gasteiger partial charge is 0.226 e. The average Bonchev–Trinajstić information content (AvgIpc) is 2.92. The van der Waals surface area contributed by atoms with E-state index in [1.807, 2.05) is 0 Å². The summed E-state index contributed by atoms with van der Waals surface area (Å²) in [5.41, 5.74) is 0. The summed E-state index contributed by atoms with van der Waals surface area (Å²) in [5.74, 6) is 5.09. The van der Waals surface area contributed by atoms with Crippen LogP contribution >= 0.6 is 0 Å². The fraction of sp³-hybridized carbons (Fsp3) is 0.941. The van der Waals surface area contributed by atoms with E-state index in [9.17, 15) is 4.79 Å². The van der Waals surface area contributed by atoms with Gasteiger partial charge < -0.3 is 10.2 Å². The van der Waals surface area contributed by atoms with Crippen molar-refractivity contribution in [3.05, 3.63) is 0 Å². The second-order valence-corrected chi connectivity index (χ2v) is 7.58. The van der Waals surface area contributed by atoms with Crippen molar-refractivity contribution in [1.29, 1.82) is 0 Å². The third kappa shape index (κ3) is 2.01. The molecule has 0 spiro atoms. The van der Waals surface area contributed by atoms with Crippen LogP contribution in [0.15, 0.2) is 0 Å². The molecular formula is C17H28N2O. The van der Waals surface area contributed by atoms with Gasteiger partial charge in [-0.1, -0.05) is 0 Å². The summed E-state index contributed by atoms with van der Waals surface area (Å²) < 4.78 is 0. The average molecular weight is 276 g/mol. The summed E-state index contributed by atoms with van der Waals surface area (Å²) in [5, 5.41) is 3.42. The molecule has 2 bridgehead atoms. The van der Waals surface area contributed by atoms with E-state index in [1.165, 1.54) is 32.1 Å². The Hall–Kier alpha value is -0.570.